The molecule has 2 aromatic heterocycles. The molecule has 0 saturated carbocycles. The monoisotopic (exact) mass is 278 g/mol. The Kier molecular flexibility index (Phi) is 4.19. The number of carbonyl (C=O) groups excluding carboxylic acids is 1. The van der Waals surface area contributed by atoms with Crippen LogP contribution in [0.5, 0.6) is 0 Å². The first-order valence-electron chi connectivity index (χ1n) is 6.35. The number of ketones is 1. The summed E-state index contributed by atoms with van der Waals surface area (Å²) >= 11 is 1.63. The largest absolute Gasteiger partial charge is 0.294 e. The second-order valence-electron chi connectivity index (χ2n) is 4.95. The third-order valence-electron chi connectivity index (χ3n) is 2.89. The van der Waals surface area contributed by atoms with Crippen LogP contribution in [-0.4, -0.2) is 31.1 Å². The summed E-state index contributed by atoms with van der Waals surface area (Å²) in [5.74, 6) is 2.22. The second kappa shape index (κ2) is 5.69. The number of thioether (sulfide) groups is 1. The van der Waals surface area contributed by atoms with E-state index in [1.165, 1.54) is 6.92 Å². The highest BCUT2D eigenvalue weighted by molar-refractivity contribution is 7.99. The molecule has 102 valence electrons. The van der Waals surface area contributed by atoms with E-state index in [-0.39, 0.29) is 5.78 Å². The molecule has 0 saturated heterocycles. The van der Waals surface area contributed by atoms with Crippen LogP contribution in [-0.2, 0) is 0 Å². The lowest BCUT2D eigenvalue weighted by molar-refractivity contribution is 0.101. The summed E-state index contributed by atoms with van der Waals surface area (Å²) in [5.41, 5.74) is 1.39. The Bertz CT molecular complexity index is 606. The Morgan fingerprint density at radius 1 is 1.47 bits per heavy atom. The van der Waals surface area contributed by atoms with Gasteiger partial charge in [-0.25, -0.2) is 4.98 Å². The molecule has 2 heterocycles. The van der Waals surface area contributed by atoms with Crippen LogP contribution in [0.3, 0.4) is 0 Å². The molecule has 0 radical (unpaired) electrons. The van der Waals surface area contributed by atoms with Crippen LogP contribution >= 0.6 is 11.8 Å². The Hall–Kier alpha value is -1.43. The molecule has 0 aromatic carbocycles. The highest BCUT2D eigenvalue weighted by atomic mass is 32.2. The molecule has 5 nitrogen and oxygen atoms in total. The molecule has 0 aliphatic carbocycles. The van der Waals surface area contributed by atoms with E-state index in [1.54, 1.807) is 22.5 Å². The van der Waals surface area contributed by atoms with Gasteiger partial charge in [0.05, 0.1) is 11.3 Å². The zero-order valence-corrected chi connectivity index (χ0v) is 12.5. The lowest BCUT2D eigenvalue weighted by Gasteiger charge is -2.02. The van der Waals surface area contributed by atoms with Gasteiger partial charge in [0.25, 0.3) is 5.78 Å². The van der Waals surface area contributed by atoms with Crippen molar-refractivity contribution in [2.75, 3.05) is 5.75 Å². The van der Waals surface area contributed by atoms with Gasteiger partial charge in [0.1, 0.15) is 0 Å². The minimum atomic E-state index is -0.00332. The summed E-state index contributed by atoms with van der Waals surface area (Å²) < 4.78 is 1.65. The van der Waals surface area contributed by atoms with E-state index in [1.807, 2.05) is 6.92 Å². The van der Waals surface area contributed by atoms with Crippen molar-refractivity contribution in [3.63, 3.8) is 0 Å². The van der Waals surface area contributed by atoms with Crippen molar-refractivity contribution in [3.8, 4) is 0 Å². The predicted molar refractivity (Wildman–Crippen MR) is 75.7 cm³/mol. The number of hydrogen-bond donors (Lipinski definition) is 0. The van der Waals surface area contributed by atoms with Crippen LogP contribution in [0, 0.1) is 12.8 Å². The normalized spacial score (nSPS) is 11.4. The molecule has 0 spiro atoms. The lowest BCUT2D eigenvalue weighted by Crippen LogP contribution is -2.05. The third-order valence-corrected chi connectivity index (χ3v) is 3.76. The second-order valence-corrected chi connectivity index (χ2v) is 6.01. The molecule has 0 atom stereocenters. The lowest BCUT2D eigenvalue weighted by atomic mass is 10.2. The van der Waals surface area contributed by atoms with E-state index in [0.717, 1.165) is 23.0 Å². The zero-order chi connectivity index (χ0) is 14.0. The molecule has 0 N–H and O–H groups in total. The molecule has 0 aliphatic rings. The van der Waals surface area contributed by atoms with Crippen molar-refractivity contribution in [2.45, 2.75) is 39.3 Å². The minimum absolute atomic E-state index is 0.00332. The van der Waals surface area contributed by atoms with Crippen molar-refractivity contribution in [1.82, 2.24) is 19.6 Å². The van der Waals surface area contributed by atoms with Crippen LogP contribution in [0.25, 0.3) is 5.78 Å². The minimum Gasteiger partial charge on any atom is -0.294 e. The van der Waals surface area contributed by atoms with Gasteiger partial charge in [-0.05, 0) is 26.2 Å². The Morgan fingerprint density at radius 2 is 2.21 bits per heavy atom. The van der Waals surface area contributed by atoms with Crippen LogP contribution < -0.4 is 0 Å². The number of fused-ring (bicyclic) bond motifs is 1. The zero-order valence-electron chi connectivity index (χ0n) is 11.7. The predicted octanol–water partition coefficient (Wildman–Crippen LogP) is 2.77. The van der Waals surface area contributed by atoms with Gasteiger partial charge in [-0.2, -0.15) is 9.50 Å². The molecule has 0 unspecified atom stereocenters. The summed E-state index contributed by atoms with van der Waals surface area (Å²) in [7, 11) is 0. The van der Waals surface area contributed by atoms with Crippen LogP contribution in [0.4, 0.5) is 0 Å². The summed E-state index contributed by atoms with van der Waals surface area (Å²) in [6, 6.07) is 0. The fourth-order valence-electron chi connectivity index (χ4n) is 1.72. The fourth-order valence-corrected chi connectivity index (χ4v) is 2.77. The number of aromatic nitrogens is 4. The quantitative estimate of drug-likeness (QED) is 0.621. The molecule has 19 heavy (non-hydrogen) atoms. The van der Waals surface area contributed by atoms with Crippen molar-refractivity contribution in [1.29, 1.82) is 0 Å². The van der Waals surface area contributed by atoms with Crippen molar-refractivity contribution in [3.05, 3.63) is 17.5 Å². The first-order valence-corrected chi connectivity index (χ1v) is 7.33. The maximum atomic E-state index is 11.5. The van der Waals surface area contributed by atoms with E-state index < -0.39 is 0 Å². The van der Waals surface area contributed by atoms with Crippen molar-refractivity contribution < 1.29 is 4.79 Å². The first-order chi connectivity index (χ1) is 8.99. The summed E-state index contributed by atoms with van der Waals surface area (Å²) in [4.78, 5) is 20.0. The SMILES string of the molecule is CC(=O)c1cnc2nc(SCCC(C)C)nn2c1C. The van der Waals surface area contributed by atoms with Gasteiger partial charge in [0.2, 0.25) is 5.16 Å². The highest BCUT2D eigenvalue weighted by Gasteiger charge is 2.12. The first kappa shape index (κ1) is 14.0. The van der Waals surface area contributed by atoms with E-state index in [4.69, 9.17) is 0 Å². The molecule has 2 rings (SSSR count). The van der Waals surface area contributed by atoms with E-state index in [2.05, 4.69) is 28.9 Å². The maximum absolute atomic E-state index is 11.5. The van der Waals surface area contributed by atoms with Gasteiger partial charge in [-0.3, -0.25) is 4.79 Å². The smallest absolute Gasteiger partial charge is 0.253 e. The number of nitrogens with zero attached hydrogens (tertiary/aromatic N) is 4. The molecule has 0 bridgehead atoms. The summed E-state index contributed by atoms with van der Waals surface area (Å²) in [6.45, 7) is 7.79. The van der Waals surface area contributed by atoms with Crippen molar-refractivity contribution >= 4 is 23.3 Å². The number of hydrogen-bond acceptors (Lipinski definition) is 5. The Balaban J connectivity index is 2.25. The Labute approximate surface area is 116 Å². The third kappa shape index (κ3) is 3.12. The summed E-state index contributed by atoms with van der Waals surface area (Å²) in [5, 5.41) is 5.13. The molecule has 0 aliphatic heterocycles. The number of aryl methyl sites for hydroxylation is 1. The molecular weight excluding hydrogens is 260 g/mol. The number of carbonyl (C=O) groups is 1. The fraction of sp³-hybridized carbons (Fsp3) is 0.538. The average Bonchev–Trinajstić information content (AvgIpc) is 2.72. The van der Waals surface area contributed by atoms with Crippen LogP contribution in [0.15, 0.2) is 11.4 Å². The maximum Gasteiger partial charge on any atom is 0.253 e. The summed E-state index contributed by atoms with van der Waals surface area (Å²) in [6.07, 6.45) is 2.70. The van der Waals surface area contributed by atoms with Gasteiger partial charge in [0.15, 0.2) is 5.78 Å². The van der Waals surface area contributed by atoms with Gasteiger partial charge >= 0.3 is 0 Å². The van der Waals surface area contributed by atoms with E-state index in [0.29, 0.717) is 17.3 Å². The van der Waals surface area contributed by atoms with Gasteiger partial charge in [-0.15, -0.1) is 5.10 Å². The number of Topliss-reactive ketones (excluding diaryl/α,β-unsaturated/α-hetero) is 1. The van der Waals surface area contributed by atoms with Crippen LogP contribution in [0.2, 0.25) is 0 Å². The topological polar surface area (TPSA) is 60.2 Å². The van der Waals surface area contributed by atoms with Gasteiger partial charge in [-0.1, -0.05) is 25.6 Å². The average molecular weight is 278 g/mol. The highest BCUT2D eigenvalue weighted by Crippen LogP contribution is 2.18. The van der Waals surface area contributed by atoms with E-state index >= 15 is 0 Å². The van der Waals surface area contributed by atoms with Gasteiger partial charge in [0, 0.05) is 11.9 Å². The van der Waals surface area contributed by atoms with Crippen molar-refractivity contribution in [2.24, 2.45) is 5.92 Å². The molecular formula is C13H18N4OS. The molecule has 0 amide bonds. The molecule has 2 aromatic rings. The molecule has 6 heteroatoms. The van der Waals surface area contributed by atoms with Gasteiger partial charge < -0.3 is 0 Å². The number of rotatable bonds is 5. The Morgan fingerprint density at radius 3 is 2.84 bits per heavy atom. The van der Waals surface area contributed by atoms with Crippen LogP contribution in [0.1, 0.15) is 43.2 Å². The molecule has 0 fully saturated rings. The van der Waals surface area contributed by atoms with E-state index in [9.17, 15) is 4.79 Å². The standard InChI is InChI=1S/C13H18N4OS/c1-8(2)5-6-19-13-15-12-14-7-11(10(4)18)9(3)17(12)16-13/h7-8H,5-6H2,1-4H3.